The van der Waals surface area contributed by atoms with Gasteiger partial charge in [0.1, 0.15) is 0 Å². The predicted octanol–water partition coefficient (Wildman–Crippen LogP) is 3.05. The minimum atomic E-state index is -0.548. The number of hydrogen-bond donors (Lipinski definition) is 1. The molecule has 4 aliphatic rings. The molecule has 1 aromatic rings. The molecule has 154 valence electrons. The molecule has 4 fully saturated rings. The Morgan fingerprint density at radius 3 is 2.21 bits per heavy atom. The van der Waals surface area contributed by atoms with Crippen LogP contribution in [-0.4, -0.2) is 40.6 Å². The smallest absolute Gasteiger partial charge is 0.338 e. The van der Waals surface area contributed by atoms with Gasteiger partial charge in [-0.2, -0.15) is 5.26 Å². The molecule has 5 rings (SSSR count). The number of amides is 1. The molecule has 4 saturated carbocycles. The van der Waals surface area contributed by atoms with Gasteiger partial charge in [0, 0.05) is 12.1 Å². The maximum absolute atomic E-state index is 13.1. The van der Waals surface area contributed by atoms with Crippen LogP contribution in [0.2, 0.25) is 0 Å². The lowest BCUT2D eigenvalue weighted by Crippen LogP contribution is -2.62. The van der Waals surface area contributed by atoms with E-state index < -0.39 is 5.97 Å². The van der Waals surface area contributed by atoms with Gasteiger partial charge in [-0.25, -0.2) is 4.79 Å². The van der Waals surface area contributed by atoms with Gasteiger partial charge in [0.05, 0.1) is 24.7 Å². The highest BCUT2D eigenvalue weighted by Crippen LogP contribution is 2.57. The van der Waals surface area contributed by atoms with E-state index in [9.17, 15) is 9.59 Å². The number of ether oxygens (including phenoxy) is 1. The molecule has 4 bridgehead atoms. The van der Waals surface area contributed by atoms with E-state index in [1.54, 1.807) is 24.3 Å². The summed E-state index contributed by atoms with van der Waals surface area (Å²) in [7, 11) is 0. The Bertz CT molecular complexity index is 776. The summed E-state index contributed by atoms with van der Waals surface area (Å²) in [5.74, 6) is 1.32. The Morgan fingerprint density at radius 1 is 1.10 bits per heavy atom. The summed E-state index contributed by atoms with van der Waals surface area (Å²) < 4.78 is 5.31. The first-order valence-electron chi connectivity index (χ1n) is 10.6. The van der Waals surface area contributed by atoms with Crippen LogP contribution in [0.3, 0.4) is 0 Å². The lowest BCUT2D eigenvalue weighted by atomic mass is 9.52. The highest BCUT2D eigenvalue weighted by atomic mass is 16.5. The Balaban J connectivity index is 1.43. The molecule has 6 heteroatoms. The first-order chi connectivity index (χ1) is 14.0. The number of carbonyl (C=O) groups is 2. The molecule has 29 heavy (non-hydrogen) atoms. The van der Waals surface area contributed by atoms with Crippen molar-refractivity contribution in [2.45, 2.75) is 57.1 Å². The second kappa shape index (κ2) is 8.16. The van der Waals surface area contributed by atoms with Gasteiger partial charge in [0.2, 0.25) is 0 Å². The second-order valence-corrected chi connectivity index (χ2v) is 9.03. The minimum absolute atomic E-state index is 0.0905. The Labute approximate surface area is 171 Å². The van der Waals surface area contributed by atoms with Crippen molar-refractivity contribution in [3.8, 4) is 6.07 Å². The Kier molecular flexibility index (Phi) is 5.60. The number of carbonyl (C=O) groups excluding carboxylic acids is 2. The summed E-state index contributed by atoms with van der Waals surface area (Å²) in [6.07, 6.45) is 7.19. The molecule has 0 spiro atoms. The van der Waals surface area contributed by atoms with Crippen molar-refractivity contribution in [3.63, 3.8) is 0 Å². The lowest BCUT2D eigenvalue weighted by molar-refractivity contribution is -0.153. The third-order valence-electron chi connectivity index (χ3n) is 7.03. The molecule has 0 heterocycles. The molecule has 0 radical (unpaired) electrons. The number of esters is 1. The number of benzene rings is 1. The molecule has 0 saturated heterocycles. The Hall–Kier alpha value is -2.39. The molecular formula is C23H28N2O4. The summed E-state index contributed by atoms with van der Waals surface area (Å²) in [5, 5.41) is 18.2. The molecule has 1 amide bonds. The van der Waals surface area contributed by atoms with Gasteiger partial charge in [-0.3, -0.25) is 4.79 Å². The number of nitrogens with zero attached hydrogens (tertiary/aromatic N) is 2. The molecule has 1 N–H and O–H groups in total. The van der Waals surface area contributed by atoms with E-state index in [-0.39, 0.29) is 24.7 Å². The molecule has 4 aliphatic carbocycles. The number of aliphatic hydroxyl groups excluding tert-OH is 1. The first kappa shape index (κ1) is 19.9. The van der Waals surface area contributed by atoms with Crippen molar-refractivity contribution in [3.05, 3.63) is 35.4 Å². The summed E-state index contributed by atoms with van der Waals surface area (Å²) >= 11 is 0. The normalized spacial score (nSPS) is 29.3. The molecule has 6 nitrogen and oxygen atoms in total. The quantitative estimate of drug-likeness (QED) is 0.716. The van der Waals surface area contributed by atoms with Crippen LogP contribution < -0.4 is 0 Å². The standard InChI is InChI=1S/C23H28N2O4/c24-6-1-7-25(23-11-17-8-18(12-23)10-19(9-17)13-23)21(27)15-29-22(28)20-4-2-16(14-26)3-5-20/h2-5,17-19,26H,1,7-15H2. The molecular weight excluding hydrogens is 368 g/mol. The molecule has 0 aliphatic heterocycles. The largest absolute Gasteiger partial charge is 0.452 e. The van der Waals surface area contributed by atoms with Gasteiger partial charge in [0.25, 0.3) is 5.91 Å². The predicted molar refractivity (Wildman–Crippen MR) is 105 cm³/mol. The van der Waals surface area contributed by atoms with Gasteiger partial charge < -0.3 is 14.7 Å². The van der Waals surface area contributed by atoms with Crippen molar-refractivity contribution in [1.82, 2.24) is 4.90 Å². The van der Waals surface area contributed by atoms with Crippen LogP contribution in [0.5, 0.6) is 0 Å². The maximum atomic E-state index is 13.1. The van der Waals surface area contributed by atoms with Crippen LogP contribution >= 0.6 is 0 Å². The van der Waals surface area contributed by atoms with Crippen LogP contribution in [0.25, 0.3) is 0 Å². The van der Waals surface area contributed by atoms with Crippen molar-refractivity contribution in [2.75, 3.05) is 13.2 Å². The molecule has 0 aromatic heterocycles. The average molecular weight is 396 g/mol. The van der Waals surface area contributed by atoms with E-state index in [1.165, 1.54) is 19.3 Å². The van der Waals surface area contributed by atoms with Crippen LogP contribution in [0.1, 0.15) is 60.9 Å². The van der Waals surface area contributed by atoms with Crippen molar-refractivity contribution in [1.29, 1.82) is 5.26 Å². The van der Waals surface area contributed by atoms with Crippen LogP contribution in [0.15, 0.2) is 24.3 Å². The number of nitriles is 1. The average Bonchev–Trinajstić information content (AvgIpc) is 2.71. The highest BCUT2D eigenvalue weighted by Gasteiger charge is 2.54. The SMILES string of the molecule is N#CCCN(C(=O)COC(=O)c1ccc(CO)cc1)C12CC3CC(CC(C3)C1)C2. The van der Waals surface area contributed by atoms with Crippen LogP contribution in [-0.2, 0) is 16.1 Å². The zero-order chi connectivity index (χ0) is 20.4. The Morgan fingerprint density at radius 2 is 1.69 bits per heavy atom. The van der Waals surface area contributed by atoms with Crippen molar-refractivity contribution >= 4 is 11.9 Å². The third kappa shape index (κ3) is 4.02. The van der Waals surface area contributed by atoms with E-state index in [1.807, 2.05) is 4.90 Å². The van der Waals surface area contributed by atoms with Gasteiger partial charge in [0.15, 0.2) is 6.61 Å². The molecule has 1 aromatic carbocycles. The highest BCUT2D eigenvalue weighted by molar-refractivity contribution is 5.91. The number of hydrogen-bond acceptors (Lipinski definition) is 5. The summed E-state index contributed by atoms with van der Waals surface area (Å²) in [5.41, 5.74) is 0.910. The van der Waals surface area contributed by atoms with E-state index in [0.29, 0.717) is 41.8 Å². The van der Waals surface area contributed by atoms with E-state index in [4.69, 9.17) is 15.1 Å². The summed E-state index contributed by atoms with van der Waals surface area (Å²) in [6.45, 7) is 0.0186. The van der Waals surface area contributed by atoms with Gasteiger partial charge in [-0.1, -0.05) is 12.1 Å². The monoisotopic (exact) mass is 396 g/mol. The zero-order valence-corrected chi connectivity index (χ0v) is 16.7. The maximum Gasteiger partial charge on any atom is 0.338 e. The second-order valence-electron chi connectivity index (χ2n) is 9.03. The van der Waals surface area contributed by atoms with Gasteiger partial charge in [-0.15, -0.1) is 0 Å². The van der Waals surface area contributed by atoms with Crippen LogP contribution in [0.4, 0.5) is 0 Å². The fraction of sp³-hybridized carbons (Fsp3) is 0.609. The van der Waals surface area contributed by atoms with Gasteiger partial charge >= 0.3 is 5.97 Å². The minimum Gasteiger partial charge on any atom is -0.452 e. The third-order valence-corrected chi connectivity index (χ3v) is 7.03. The number of aliphatic hydroxyl groups is 1. The fourth-order valence-corrected chi connectivity index (χ4v) is 6.22. The van der Waals surface area contributed by atoms with Crippen molar-refractivity contribution < 1.29 is 19.4 Å². The van der Waals surface area contributed by atoms with E-state index >= 15 is 0 Å². The fourth-order valence-electron chi connectivity index (χ4n) is 6.22. The zero-order valence-electron chi connectivity index (χ0n) is 16.7. The first-order valence-corrected chi connectivity index (χ1v) is 10.6. The topological polar surface area (TPSA) is 90.6 Å². The lowest BCUT2D eigenvalue weighted by Gasteiger charge is -2.60. The number of rotatable bonds is 7. The van der Waals surface area contributed by atoms with Gasteiger partial charge in [-0.05, 0) is 74.0 Å². The van der Waals surface area contributed by atoms with E-state index in [0.717, 1.165) is 19.3 Å². The van der Waals surface area contributed by atoms with Crippen molar-refractivity contribution in [2.24, 2.45) is 17.8 Å². The van der Waals surface area contributed by atoms with Crippen LogP contribution in [0, 0.1) is 29.1 Å². The molecule has 0 unspecified atom stereocenters. The molecule has 0 atom stereocenters. The van der Waals surface area contributed by atoms with E-state index in [2.05, 4.69) is 6.07 Å². The summed E-state index contributed by atoms with van der Waals surface area (Å²) in [4.78, 5) is 27.3. The summed E-state index contributed by atoms with van der Waals surface area (Å²) in [6, 6.07) is 8.66.